The molecule has 0 aliphatic heterocycles. The van der Waals surface area contributed by atoms with Crippen molar-refractivity contribution in [3.8, 4) is 6.07 Å². The summed E-state index contributed by atoms with van der Waals surface area (Å²) in [6.07, 6.45) is 0. The second kappa shape index (κ2) is 4.47. The van der Waals surface area contributed by atoms with Gasteiger partial charge in [-0.2, -0.15) is 5.26 Å². The van der Waals surface area contributed by atoms with E-state index in [4.69, 9.17) is 16.9 Å². The monoisotopic (exact) mass is 248 g/mol. The average molecular weight is 249 g/mol. The van der Waals surface area contributed by atoms with Crippen molar-refractivity contribution in [3.63, 3.8) is 0 Å². The van der Waals surface area contributed by atoms with Crippen LogP contribution in [-0.4, -0.2) is 13.6 Å². The van der Waals surface area contributed by atoms with Gasteiger partial charge in [0.25, 0.3) is 0 Å². The van der Waals surface area contributed by atoms with Crippen LogP contribution in [0.2, 0.25) is 0 Å². The second-order valence-corrected chi connectivity index (χ2v) is 4.94. The summed E-state index contributed by atoms with van der Waals surface area (Å²) in [6.45, 7) is 0. The molecular formula is C8H6ClFN2O2S. The highest BCUT2D eigenvalue weighted by molar-refractivity contribution is 7.93. The number of nitrogens with zero attached hydrogens (tertiary/aromatic N) is 1. The highest BCUT2D eigenvalue weighted by Crippen LogP contribution is 2.16. The quantitative estimate of drug-likeness (QED) is 0.827. The van der Waals surface area contributed by atoms with Gasteiger partial charge in [-0.05, 0) is 18.2 Å². The van der Waals surface area contributed by atoms with Gasteiger partial charge >= 0.3 is 0 Å². The van der Waals surface area contributed by atoms with Crippen molar-refractivity contribution >= 4 is 27.3 Å². The van der Waals surface area contributed by atoms with E-state index in [1.807, 2.05) is 4.72 Å². The van der Waals surface area contributed by atoms with Gasteiger partial charge in [-0.1, -0.05) is 0 Å². The maximum Gasteiger partial charge on any atom is 0.246 e. The van der Waals surface area contributed by atoms with Crippen LogP contribution in [-0.2, 0) is 10.0 Å². The molecule has 0 heterocycles. The minimum Gasteiger partial charge on any atom is -0.280 e. The van der Waals surface area contributed by atoms with E-state index in [-0.39, 0.29) is 11.3 Å². The van der Waals surface area contributed by atoms with Gasteiger partial charge in [-0.3, -0.25) is 4.72 Å². The van der Waals surface area contributed by atoms with Crippen molar-refractivity contribution in [2.24, 2.45) is 0 Å². The van der Waals surface area contributed by atoms with E-state index in [0.717, 1.165) is 12.1 Å². The first-order valence-corrected chi connectivity index (χ1v) is 5.93. The number of rotatable bonds is 3. The fourth-order valence-electron chi connectivity index (χ4n) is 0.862. The summed E-state index contributed by atoms with van der Waals surface area (Å²) in [4.78, 5) is 0. The third-order valence-corrected chi connectivity index (χ3v) is 3.19. The summed E-state index contributed by atoms with van der Waals surface area (Å²) in [6, 6.07) is 5.13. The van der Waals surface area contributed by atoms with Crippen LogP contribution in [0.1, 0.15) is 5.56 Å². The molecule has 0 aromatic heterocycles. The largest absolute Gasteiger partial charge is 0.280 e. The maximum absolute atomic E-state index is 13.2. The van der Waals surface area contributed by atoms with Crippen molar-refractivity contribution in [1.29, 1.82) is 5.26 Å². The van der Waals surface area contributed by atoms with E-state index in [9.17, 15) is 12.8 Å². The molecule has 15 heavy (non-hydrogen) atoms. The van der Waals surface area contributed by atoms with E-state index in [2.05, 4.69) is 0 Å². The first-order valence-electron chi connectivity index (χ1n) is 3.74. The number of nitrogens with one attached hydrogen (secondary N) is 1. The molecule has 0 aliphatic carbocycles. The fourth-order valence-corrected chi connectivity index (χ4v) is 1.58. The lowest BCUT2D eigenvalue weighted by atomic mass is 10.2. The van der Waals surface area contributed by atoms with Gasteiger partial charge in [0.15, 0.2) is 0 Å². The first kappa shape index (κ1) is 11.8. The van der Waals surface area contributed by atoms with Crippen LogP contribution in [0.15, 0.2) is 18.2 Å². The molecular weight excluding hydrogens is 243 g/mol. The van der Waals surface area contributed by atoms with E-state index in [1.54, 1.807) is 6.07 Å². The number of halogens is 2. The van der Waals surface area contributed by atoms with Crippen LogP contribution in [0.3, 0.4) is 0 Å². The number of benzene rings is 1. The molecule has 0 fully saturated rings. The standard InChI is InChI=1S/C8H6ClFN2O2S/c9-5-15(13,14)12-8-2-1-6(4-11)3-7(8)10/h1-3,12H,5H2. The topological polar surface area (TPSA) is 70.0 Å². The third-order valence-electron chi connectivity index (χ3n) is 1.51. The fraction of sp³-hybridized carbons (Fsp3) is 0.125. The van der Waals surface area contributed by atoms with Crippen molar-refractivity contribution in [3.05, 3.63) is 29.6 Å². The lowest BCUT2D eigenvalue weighted by molar-refractivity contribution is 0.602. The van der Waals surface area contributed by atoms with Gasteiger partial charge in [0.05, 0.1) is 17.3 Å². The minimum absolute atomic E-state index is 0.112. The number of nitriles is 1. The summed E-state index contributed by atoms with van der Waals surface area (Å²) < 4.78 is 37.1. The molecule has 0 spiro atoms. The molecule has 80 valence electrons. The minimum atomic E-state index is -3.72. The lowest BCUT2D eigenvalue weighted by Gasteiger charge is -2.05. The van der Waals surface area contributed by atoms with Crippen LogP contribution in [0.5, 0.6) is 0 Å². The van der Waals surface area contributed by atoms with Crippen LogP contribution < -0.4 is 4.72 Å². The van der Waals surface area contributed by atoms with Crippen molar-refractivity contribution in [2.45, 2.75) is 0 Å². The zero-order valence-electron chi connectivity index (χ0n) is 7.37. The predicted octanol–water partition coefficient (Wildman–Crippen LogP) is 1.64. The van der Waals surface area contributed by atoms with Crippen LogP contribution in [0.25, 0.3) is 0 Å². The molecule has 0 atom stereocenters. The molecule has 1 N–H and O–H groups in total. The first-order chi connectivity index (χ1) is 6.98. The molecule has 1 aromatic rings. The van der Waals surface area contributed by atoms with Gasteiger partial charge in [0.2, 0.25) is 10.0 Å². The van der Waals surface area contributed by atoms with E-state index in [0.29, 0.717) is 0 Å². The Balaban J connectivity index is 3.04. The number of anilines is 1. The smallest absolute Gasteiger partial charge is 0.246 e. The molecule has 0 saturated heterocycles. The number of hydrogen-bond donors (Lipinski definition) is 1. The Hall–Kier alpha value is -1.32. The van der Waals surface area contributed by atoms with E-state index >= 15 is 0 Å². The Labute approximate surface area is 91.3 Å². The maximum atomic E-state index is 13.2. The van der Waals surface area contributed by atoms with Gasteiger partial charge in [0.1, 0.15) is 11.0 Å². The van der Waals surface area contributed by atoms with E-state index < -0.39 is 21.1 Å². The molecule has 0 bridgehead atoms. The van der Waals surface area contributed by atoms with E-state index in [1.165, 1.54) is 6.07 Å². The molecule has 7 heteroatoms. The zero-order chi connectivity index (χ0) is 11.5. The molecule has 4 nitrogen and oxygen atoms in total. The number of alkyl halides is 1. The molecule has 0 radical (unpaired) electrons. The Morgan fingerprint density at radius 3 is 2.67 bits per heavy atom. The molecule has 1 rings (SSSR count). The normalized spacial score (nSPS) is 10.7. The summed E-state index contributed by atoms with van der Waals surface area (Å²) in [7, 11) is -3.72. The van der Waals surface area contributed by atoms with Gasteiger partial charge < -0.3 is 0 Å². The summed E-state index contributed by atoms with van der Waals surface area (Å²) in [5, 5.41) is 7.79. The van der Waals surface area contributed by atoms with Crippen LogP contribution in [0, 0.1) is 17.1 Å². The van der Waals surface area contributed by atoms with Crippen molar-refractivity contribution in [1.82, 2.24) is 0 Å². The average Bonchev–Trinajstić information content (AvgIpc) is 2.21. The molecule has 0 amide bonds. The summed E-state index contributed by atoms with van der Waals surface area (Å²) in [5.74, 6) is -0.817. The molecule has 0 aliphatic rings. The molecule has 1 aromatic carbocycles. The summed E-state index contributed by atoms with van der Waals surface area (Å²) >= 11 is 5.13. The summed E-state index contributed by atoms with van der Waals surface area (Å²) in [5.41, 5.74) is -0.115. The van der Waals surface area contributed by atoms with Crippen molar-refractivity contribution in [2.75, 3.05) is 9.93 Å². The molecule has 0 saturated carbocycles. The highest BCUT2D eigenvalue weighted by Gasteiger charge is 2.11. The predicted molar refractivity (Wildman–Crippen MR) is 54.4 cm³/mol. The van der Waals surface area contributed by atoms with Crippen LogP contribution in [0.4, 0.5) is 10.1 Å². The SMILES string of the molecule is N#Cc1ccc(NS(=O)(=O)CCl)c(F)c1. The van der Waals surface area contributed by atoms with Crippen molar-refractivity contribution < 1.29 is 12.8 Å². The van der Waals surface area contributed by atoms with Gasteiger partial charge in [-0.15, -0.1) is 11.6 Å². The number of sulfonamides is 1. The number of hydrogen-bond acceptors (Lipinski definition) is 3. The van der Waals surface area contributed by atoms with Gasteiger partial charge in [-0.25, -0.2) is 12.8 Å². The van der Waals surface area contributed by atoms with Gasteiger partial charge in [0, 0.05) is 0 Å². The zero-order valence-corrected chi connectivity index (χ0v) is 8.94. The Bertz CT molecular complexity index is 510. The molecule has 0 unspecified atom stereocenters. The Kier molecular flexibility index (Phi) is 3.50. The Morgan fingerprint density at radius 2 is 2.20 bits per heavy atom. The lowest BCUT2D eigenvalue weighted by Crippen LogP contribution is -2.14. The Morgan fingerprint density at radius 1 is 1.53 bits per heavy atom. The highest BCUT2D eigenvalue weighted by atomic mass is 35.5. The van der Waals surface area contributed by atoms with Crippen LogP contribution >= 0.6 is 11.6 Å². The second-order valence-electron chi connectivity index (χ2n) is 2.63. The third kappa shape index (κ3) is 3.08.